The Kier molecular flexibility index (Phi) is 8.00. The molecular weight excluding hydrogens is 494 g/mol. The first-order valence-corrected chi connectivity index (χ1v) is 8.93. The normalized spacial score (nSPS) is 12.0. The van der Waals surface area contributed by atoms with E-state index in [4.69, 9.17) is 20.4 Å². The number of nitrogens with two attached hydrogens (primary N) is 1. The standard InChI is InChI=1S/C17H17F3IN3O4/c1-27-16(22)9-7-10(17(26)24-28-5-4-25)15(14(20)13(9)19)23-12-3-2-8(21)6-11(12)18/h2-3,6-7,16,23,25H,4-5,22H2,1H3,(H,24,26). The number of aliphatic hydroxyl groups is 1. The number of amides is 1. The summed E-state index contributed by atoms with van der Waals surface area (Å²) in [4.78, 5) is 17.1. The van der Waals surface area contributed by atoms with E-state index in [9.17, 15) is 18.0 Å². The minimum atomic E-state index is -1.45. The highest BCUT2D eigenvalue weighted by Gasteiger charge is 2.26. The summed E-state index contributed by atoms with van der Waals surface area (Å²) in [5.74, 6) is -4.50. The summed E-state index contributed by atoms with van der Waals surface area (Å²) in [6.45, 7) is -0.606. The number of hydrogen-bond acceptors (Lipinski definition) is 6. The first-order chi connectivity index (χ1) is 13.3. The van der Waals surface area contributed by atoms with Gasteiger partial charge in [-0.15, -0.1) is 0 Å². The van der Waals surface area contributed by atoms with Crippen LogP contribution in [0, 0.1) is 21.0 Å². The highest BCUT2D eigenvalue weighted by Crippen LogP contribution is 2.32. The van der Waals surface area contributed by atoms with E-state index in [1.165, 1.54) is 19.2 Å². The summed E-state index contributed by atoms with van der Waals surface area (Å²) in [6, 6.07) is 5.00. The molecule has 2 rings (SSSR count). The third-order valence-corrected chi connectivity index (χ3v) is 4.26. The van der Waals surface area contributed by atoms with Crippen molar-refractivity contribution in [3.8, 4) is 0 Å². The van der Waals surface area contributed by atoms with Crippen LogP contribution >= 0.6 is 22.6 Å². The van der Waals surface area contributed by atoms with Crippen LogP contribution in [0.1, 0.15) is 22.1 Å². The molecule has 0 saturated carbocycles. The van der Waals surface area contributed by atoms with Crippen LogP contribution in [0.25, 0.3) is 0 Å². The quantitative estimate of drug-likeness (QED) is 0.188. The van der Waals surface area contributed by atoms with Gasteiger partial charge in [0.2, 0.25) is 0 Å². The molecule has 0 bridgehead atoms. The molecule has 0 heterocycles. The molecule has 1 unspecified atom stereocenters. The Bertz CT molecular complexity index is 870. The molecular formula is C17H17F3IN3O4. The minimum absolute atomic E-state index is 0.173. The zero-order chi connectivity index (χ0) is 20.8. The van der Waals surface area contributed by atoms with Gasteiger partial charge in [0, 0.05) is 16.2 Å². The molecule has 0 aliphatic heterocycles. The van der Waals surface area contributed by atoms with E-state index in [0.29, 0.717) is 3.57 Å². The van der Waals surface area contributed by atoms with Gasteiger partial charge in [-0.25, -0.2) is 18.7 Å². The highest BCUT2D eigenvalue weighted by molar-refractivity contribution is 14.1. The van der Waals surface area contributed by atoms with Gasteiger partial charge in [-0.05, 0) is 46.9 Å². The zero-order valence-electron chi connectivity index (χ0n) is 14.6. The maximum Gasteiger partial charge on any atom is 0.277 e. The number of anilines is 2. The number of ether oxygens (including phenoxy) is 1. The van der Waals surface area contributed by atoms with E-state index in [0.717, 1.165) is 6.07 Å². The molecule has 0 aliphatic carbocycles. The number of hydroxylamine groups is 1. The predicted molar refractivity (Wildman–Crippen MR) is 103 cm³/mol. The van der Waals surface area contributed by atoms with Crippen LogP contribution in [0.2, 0.25) is 0 Å². The van der Waals surface area contributed by atoms with E-state index < -0.39 is 46.4 Å². The number of hydrogen-bond donors (Lipinski definition) is 4. The second-order valence-electron chi connectivity index (χ2n) is 5.43. The van der Waals surface area contributed by atoms with Crippen LogP contribution in [0.3, 0.4) is 0 Å². The van der Waals surface area contributed by atoms with Crippen molar-refractivity contribution < 1.29 is 32.6 Å². The highest BCUT2D eigenvalue weighted by atomic mass is 127. The fraction of sp³-hybridized carbons (Fsp3) is 0.235. The molecule has 28 heavy (non-hydrogen) atoms. The first-order valence-electron chi connectivity index (χ1n) is 7.85. The van der Waals surface area contributed by atoms with Crippen LogP contribution in [0.5, 0.6) is 0 Å². The predicted octanol–water partition coefficient (Wildman–Crippen LogP) is 2.71. The van der Waals surface area contributed by atoms with Gasteiger partial charge in [0.1, 0.15) is 12.0 Å². The maximum atomic E-state index is 14.7. The fourth-order valence-electron chi connectivity index (χ4n) is 2.22. The van der Waals surface area contributed by atoms with E-state index in [1.807, 2.05) is 28.1 Å². The number of carbonyl (C=O) groups excluding carboxylic acids is 1. The van der Waals surface area contributed by atoms with Gasteiger partial charge in [-0.2, -0.15) is 0 Å². The van der Waals surface area contributed by atoms with Crippen molar-refractivity contribution in [3.63, 3.8) is 0 Å². The van der Waals surface area contributed by atoms with Crippen molar-refractivity contribution in [2.75, 3.05) is 25.6 Å². The lowest BCUT2D eigenvalue weighted by Crippen LogP contribution is -2.27. The summed E-state index contributed by atoms with van der Waals surface area (Å²) in [5.41, 5.74) is 5.96. The summed E-state index contributed by atoms with van der Waals surface area (Å²) < 4.78 is 48.7. The Balaban J connectivity index is 2.54. The summed E-state index contributed by atoms with van der Waals surface area (Å²) in [5, 5.41) is 11.1. The Labute approximate surface area is 172 Å². The Morgan fingerprint density at radius 1 is 1.29 bits per heavy atom. The van der Waals surface area contributed by atoms with Gasteiger partial charge < -0.3 is 20.9 Å². The second-order valence-corrected chi connectivity index (χ2v) is 6.67. The smallest absolute Gasteiger partial charge is 0.277 e. The van der Waals surface area contributed by atoms with E-state index in [1.54, 1.807) is 6.07 Å². The largest absolute Gasteiger partial charge is 0.394 e. The second kappa shape index (κ2) is 10.0. The average Bonchev–Trinajstić information content (AvgIpc) is 2.67. The molecule has 1 amide bonds. The van der Waals surface area contributed by atoms with Crippen LogP contribution in [-0.2, 0) is 9.57 Å². The molecule has 0 saturated heterocycles. The fourth-order valence-corrected chi connectivity index (χ4v) is 2.68. The van der Waals surface area contributed by atoms with E-state index in [-0.39, 0.29) is 18.9 Å². The number of methoxy groups -OCH3 is 1. The summed E-state index contributed by atoms with van der Waals surface area (Å²) in [7, 11) is 1.18. The van der Waals surface area contributed by atoms with Crippen LogP contribution in [-0.4, -0.2) is 31.3 Å². The van der Waals surface area contributed by atoms with Crippen molar-refractivity contribution in [2.24, 2.45) is 5.73 Å². The lowest BCUT2D eigenvalue weighted by molar-refractivity contribution is 0.0168. The molecule has 5 N–H and O–H groups in total. The van der Waals surface area contributed by atoms with Crippen molar-refractivity contribution in [1.29, 1.82) is 0 Å². The van der Waals surface area contributed by atoms with Crippen LogP contribution in [0.4, 0.5) is 24.5 Å². The van der Waals surface area contributed by atoms with E-state index in [2.05, 4.69) is 5.32 Å². The molecule has 0 radical (unpaired) electrons. The number of carbonyl (C=O) groups is 1. The van der Waals surface area contributed by atoms with Gasteiger partial charge >= 0.3 is 0 Å². The minimum Gasteiger partial charge on any atom is -0.394 e. The molecule has 0 fully saturated rings. The third kappa shape index (κ3) is 5.11. The number of rotatable bonds is 8. The Hall–Kier alpha value is -1.93. The van der Waals surface area contributed by atoms with Crippen molar-refractivity contribution in [2.45, 2.75) is 6.23 Å². The number of aliphatic hydroxyl groups excluding tert-OH is 1. The molecule has 11 heteroatoms. The van der Waals surface area contributed by atoms with Crippen LogP contribution < -0.4 is 16.5 Å². The monoisotopic (exact) mass is 511 g/mol. The number of nitrogens with one attached hydrogen (secondary N) is 2. The summed E-state index contributed by atoms with van der Waals surface area (Å²) in [6.07, 6.45) is -1.34. The molecule has 0 spiro atoms. The third-order valence-electron chi connectivity index (χ3n) is 3.59. The molecule has 0 aromatic heterocycles. The first kappa shape index (κ1) is 22.4. The van der Waals surface area contributed by atoms with Gasteiger partial charge in [0.25, 0.3) is 5.91 Å². The molecule has 2 aromatic rings. The van der Waals surface area contributed by atoms with E-state index >= 15 is 0 Å². The van der Waals surface area contributed by atoms with Gasteiger partial charge in [0.15, 0.2) is 11.6 Å². The molecule has 0 aliphatic rings. The SMILES string of the molecule is COC(N)c1cc(C(=O)NOCCO)c(Nc2ccc(I)cc2F)c(F)c1F. The van der Waals surface area contributed by atoms with Gasteiger partial charge in [-0.1, -0.05) is 0 Å². The van der Waals surface area contributed by atoms with Gasteiger partial charge in [0.05, 0.1) is 30.2 Å². The lowest BCUT2D eigenvalue weighted by Gasteiger charge is -2.18. The van der Waals surface area contributed by atoms with Gasteiger partial charge in [-0.3, -0.25) is 9.63 Å². The topological polar surface area (TPSA) is 106 Å². The molecule has 1 atom stereocenters. The number of halogens is 4. The van der Waals surface area contributed by atoms with Crippen LogP contribution in [0.15, 0.2) is 24.3 Å². The molecule has 7 nitrogen and oxygen atoms in total. The summed E-state index contributed by atoms with van der Waals surface area (Å²) >= 11 is 1.89. The lowest BCUT2D eigenvalue weighted by atomic mass is 10.0. The Morgan fingerprint density at radius 3 is 2.61 bits per heavy atom. The number of benzene rings is 2. The average molecular weight is 511 g/mol. The Morgan fingerprint density at radius 2 is 2.00 bits per heavy atom. The molecule has 152 valence electrons. The van der Waals surface area contributed by atoms with Crippen molar-refractivity contribution in [3.05, 3.63) is 56.4 Å². The zero-order valence-corrected chi connectivity index (χ0v) is 16.7. The maximum absolute atomic E-state index is 14.7. The van der Waals surface area contributed by atoms with Crippen molar-refractivity contribution in [1.82, 2.24) is 5.48 Å². The molecule has 2 aromatic carbocycles. The van der Waals surface area contributed by atoms with Crippen molar-refractivity contribution >= 4 is 39.9 Å².